The number of nitrogens with one attached hydrogen (secondary N) is 2. The highest BCUT2D eigenvalue weighted by Gasteiger charge is 2.41. The lowest BCUT2D eigenvalue weighted by molar-refractivity contribution is -0.132. The summed E-state index contributed by atoms with van der Waals surface area (Å²) in [4.78, 5) is 30.8. The van der Waals surface area contributed by atoms with Gasteiger partial charge in [-0.25, -0.2) is 0 Å². The molecule has 1 aliphatic heterocycles. The maximum absolute atomic E-state index is 13.6. The molecule has 2 fully saturated rings. The molecule has 1 saturated carbocycles. The molecule has 0 bridgehead atoms. The first-order chi connectivity index (χ1) is 19.0. The van der Waals surface area contributed by atoms with Gasteiger partial charge in [0.05, 0.1) is 6.04 Å². The van der Waals surface area contributed by atoms with Gasteiger partial charge in [0, 0.05) is 45.2 Å². The SMILES string of the molecule is Cc1cccc(C(=O)N[C@@H](CSc2ccccc2)[C@H](C)CN2C[C@H]3CCCCC3C[C@H]2C(=O)NC(C)(C)C)c1C.[HH].[HH].[HH]. The van der Waals surface area contributed by atoms with Crippen LogP contribution in [0, 0.1) is 31.6 Å². The van der Waals surface area contributed by atoms with Crippen LogP contribution in [0.4, 0.5) is 0 Å². The summed E-state index contributed by atoms with van der Waals surface area (Å²) in [7, 11) is 0. The Morgan fingerprint density at radius 2 is 1.73 bits per heavy atom. The minimum Gasteiger partial charge on any atom is -0.350 e. The first kappa shape index (κ1) is 30.6. The van der Waals surface area contributed by atoms with Crippen LogP contribution in [0.15, 0.2) is 53.4 Å². The lowest BCUT2D eigenvalue weighted by Gasteiger charge is -2.47. The number of nitrogens with zero attached hydrogens (tertiary/aromatic N) is 1. The molecule has 6 heteroatoms. The summed E-state index contributed by atoms with van der Waals surface area (Å²) in [5, 5.41) is 6.69. The zero-order chi connectivity index (χ0) is 28.9. The Balaban J connectivity index is 0.00000308. The van der Waals surface area contributed by atoms with E-state index in [-0.39, 0.29) is 39.6 Å². The molecule has 2 amide bonds. The molecule has 40 heavy (non-hydrogen) atoms. The second kappa shape index (κ2) is 13.6. The van der Waals surface area contributed by atoms with Crippen molar-refractivity contribution in [3.8, 4) is 0 Å². The number of piperidine rings is 1. The van der Waals surface area contributed by atoms with Crippen LogP contribution in [0.1, 0.15) is 85.6 Å². The van der Waals surface area contributed by atoms with Gasteiger partial charge in [-0.1, -0.05) is 56.5 Å². The molecule has 0 radical (unpaired) electrons. The minimum atomic E-state index is -0.258. The molecule has 1 heterocycles. The molecule has 2 aromatic carbocycles. The quantitative estimate of drug-likeness (QED) is 0.310. The first-order valence-corrected chi connectivity index (χ1v) is 16.1. The van der Waals surface area contributed by atoms with E-state index in [1.165, 1.54) is 30.6 Å². The highest BCUT2D eigenvalue weighted by atomic mass is 32.2. The number of thioether (sulfide) groups is 1. The topological polar surface area (TPSA) is 61.4 Å². The van der Waals surface area contributed by atoms with E-state index in [0.29, 0.717) is 11.8 Å². The van der Waals surface area contributed by atoms with Crippen molar-refractivity contribution in [1.29, 1.82) is 0 Å². The van der Waals surface area contributed by atoms with Crippen LogP contribution in [0.25, 0.3) is 0 Å². The molecular formula is C34H55N3O2S. The molecule has 0 aromatic heterocycles. The highest BCUT2D eigenvalue weighted by molar-refractivity contribution is 7.99. The van der Waals surface area contributed by atoms with Crippen molar-refractivity contribution >= 4 is 23.6 Å². The van der Waals surface area contributed by atoms with E-state index in [9.17, 15) is 9.59 Å². The van der Waals surface area contributed by atoms with Crippen LogP contribution >= 0.6 is 11.8 Å². The molecule has 4 rings (SSSR count). The summed E-state index contributed by atoms with van der Waals surface area (Å²) < 4.78 is 0. The van der Waals surface area contributed by atoms with Gasteiger partial charge in [0.2, 0.25) is 5.91 Å². The number of hydrogen-bond acceptors (Lipinski definition) is 4. The Kier molecular flexibility index (Phi) is 10.4. The van der Waals surface area contributed by atoms with Crippen molar-refractivity contribution in [2.45, 2.75) is 96.2 Å². The number of carbonyl (C=O) groups excluding carboxylic acids is 2. The van der Waals surface area contributed by atoms with Gasteiger partial charge in [-0.3, -0.25) is 14.5 Å². The fraction of sp³-hybridized carbons (Fsp3) is 0.588. The Morgan fingerprint density at radius 3 is 2.42 bits per heavy atom. The Bertz CT molecular complexity index is 1160. The lowest BCUT2D eigenvalue weighted by atomic mass is 9.72. The normalized spacial score (nSPS) is 23.1. The molecule has 0 spiro atoms. The minimum absolute atomic E-state index is 0. The van der Waals surface area contributed by atoms with Crippen molar-refractivity contribution in [2.24, 2.45) is 17.8 Å². The first-order valence-electron chi connectivity index (χ1n) is 15.1. The summed E-state index contributed by atoms with van der Waals surface area (Å²) in [6, 6.07) is 16.2. The number of fused-ring (bicyclic) bond motifs is 1. The van der Waals surface area contributed by atoms with Gasteiger partial charge in [-0.2, -0.15) is 0 Å². The van der Waals surface area contributed by atoms with Crippen molar-refractivity contribution in [3.63, 3.8) is 0 Å². The van der Waals surface area contributed by atoms with Crippen LogP contribution in [0.2, 0.25) is 0 Å². The molecule has 2 N–H and O–H groups in total. The maximum atomic E-state index is 13.6. The van der Waals surface area contributed by atoms with E-state index in [1.54, 1.807) is 11.8 Å². The standard InChI is InChI=1S/C34H49N3O2S.3H2/c1-23-13-12-18-29(25(23)3)32(38)35-30(22-40-28-16-8-7-9-17-28)24(2)20-37-21-27-15-11-10-14-26(27)19-31(37)33(39)36-34(4,5)6;;;/h7-9,12-13,16-18,24,26-27,30-31H,10-11,14-15,19-22H2,1-6H3,(H,35,38)(H,36,39);3*1H/t24-,26?,27-,30+,31+;;;/m1.../s1. The number of hydrogen-bond donors (Lipinski definition) is 2. The lowest BCUT2D eigenvalue weighted by Crippen LogP contribution is -2.59. The largest absolute Gasteiger partial charge is 0.350 e. The van der Waals surface area contributed by atoms with Crippen LogP contribution in [0.3, 0.4) is 0 Å². The summed E-state index contributed by atoms with van der Waals surface area (Å²) in [6.45, 7) is 14.3. The van der Waals surface area contributed by atoms with Crippen molar-refractivity contribution in [3.05, 3.63) is 65.2 Å². The smallest absolute Gasteiger partial charge is 0.251 e. The predicted molar refractivity (Wildman–Crippen MR) is 173 cm³/mol. The summed E-state index contributed by atoms with van der Waals surface area (Å²) in [5.41, 5.74) is 2.64. The maximum Gasteiger partial charge on any atom is 0.251 e. The Morgan fingerprint density at radius 1 is 1.02 bits per heavy atom. The Labute approximate surface area is 250 Å². The van der Waals surface area contributed by atoms with E-state index in [4.69, 9.17) is 0 Å². The van der Waals surface area contributed by atoms with E-state index >= 15 is 0 Å². The highest BCUT2D eigenvalue weighted by Crippen LogP contribution is 2.39. The number of carbonyl (C=O) groups is 2. The Hall–Kier alpha value is -2.31. The zero-order valence-electron chi connectivity index (χ0n) is 25.3. The summed E-state index contributed by atoms with van der Waals surface area (Å²) in [5.74, 6) is 2.40. The van der Waals surface area contributed by atoms with Crippen molar-refractivity contribution in [1.82, 2.24) is 15.5 Å². The second-order valence-electron chi connectivity index (χ2n) is 13.2. The van der Waals surface area contributed by atoms with E-state index in [0.717, 1.165) is 42.0 Å². The summed E-state index contributed by atoms with van der Waals surface area (Å²) in [6.07, 6.45) is 6.03. The molecule has 1 aliphatic carbocycles. The average molecular weight is 570 g/mol. The number of rotatable bonds is 9. The van der Waals surface area contributed by atoms with Crippen molar-refractivity contribution in [2.75, 3.05) is 18.8 Å². The van der Waals surface area contributed by atoms with Gasteiger partial charge in [0.15, 0.2) is 0 Å². The molecule has 5 nitrogen and oxygen atoms in total. The number of aryl methyl sites for hydroxylation is 1. The van der Waals surface area contributed by atoms with E-state index in [1.807, 2.05) is 25.1 Å². The van der Waals surface area contributed by atoms with Crippen LogP contribution in [0.5, 0.6) is 0 Å². The third-order valence-electron chi connectivity index (χ3n) is 8.85. The zero-order valence-corrected chi connectivity index (χ0v) is 26.2. The second-order valence-corrected chi connectivity index (χ2v) is 14.3. The number of amides is 2. The van der Waals surface area contributed by atoms with Gasteiger partial charge >= 0.3 is 0 Å². The van der Waals surface area contributed by atoms with Crippen LogP contribution in [-0.2, 0) is 4.79 Å². The fourth-order valence-corrected chi connectivity index (χ4v) is 7.55. The molecule has 1 unspecified atom stereocenters. The third-order valence-corrected chi connectivity index (χ3v) is 9.98. The molecule has 224 valence electrons. The van der Waals surface area contributed by atoms with E-state index in [2.05, 4.69) is 80.5 Å². The average Bonchev–Trinajstić information content (AvgIpc) is 2.91. The van der Waals surface area contributed by atoms with Crippen LogP contribution in [-0.4, -0.2) is 53.2 Å². The van der Waals surface area contributed by atoms with Gasteiger partial charge in [0.1, 0.15) is 0 Å². The molecule has 1 saturated heterocycles. The van der Waals surface area contributed by atoms with Gasteiger partial charge in [-0.15, -0.1) is 11.8 Å². The van der Waals surface area contributed by atoms with Crippen molar-refractivity contribution < 1.29 is 13.9 Å². The molecular weight excluding hydrogens is 514 g/mol. The summed E-state index contributed by atoms with van der Waals surface area (Å²) >= 11 is 1.78. The van der Waals surface area contributed by atoms with Crippen LogP contribution < -0.4 is 10.6 Å². The fourth-order valence-electron chi connectivity index (χ4n) is 6.42. The molecule has 5 atom stereocenters. The predicted octanol–water partition coefficient (Wildman–Crippen LogP) is 7.36. The monoisotopic (exact) mass is 569 g/mol. The molecule has 2 aromatic rings. The third kappa shape index (κ3) is 8.13. The molecule has 2 aliphatic rings. The number of benzene rings is 2. The number of likely N-dealkylation sites (tertiary alicyclic amines) is 1. The van der Waals surface area contributed by atoms with Gasteiger partial charge in [-0.05, 0) is 94.5 Å². The van der Waals surface area contributed by atoms with E-state index < -0.39 is 0 Å². The van der Waals surface area contributed by atoms with Gasteiger partial charge in [0.25, 0.3) is 5.91 Å². The van der Waals surface area contributed by atoms with Gasteiger partial charge < -0.3 is 10.6 Å².